The van der Waals surface area contributed by atoms with Crippen LogP contribution in [0.5, 0.6) is 0 Å². The summed E-state index contributed by atoms with van der Waals surface area (Å²) in [7, 11) is 0. The van der Waals surface area contributed by atoms with Crippen molar-refractivity contribution in [2.24, 2.45) is 17.3 Å². The molecule has 1 aliphatic carbocycles. The van der Waals surface area contributed by atoms with Crippen molar-refractivity contribution in [2.45, 2.75) is 51.6 Å². The molecule has 5 rings (SSSR count). The number of halogens is 5. The SMILES string of the molecule is CCN(C[C@H]1CN(C(=O)C2CCN(C(=O)C3(C)CC3)CC2)CC1c1ccc(Cl)c(Cl)c1)c1ccc(C(F)(F)F)cn1. The molecule has 1 saturated carbocycles. The standard InChI is InChI=1S/C30H35Cl2F3N4O2/c1-3-37(26-7-5-22(15-36-26)30(33,34)35)16-21-17-39(18-23(21)20-4-6-24(31)25(32)14-20)27(40)19-8-12-38(13-9-19)28(41)29(2)10-11-29/h4-7,14-15,19,21,23H,3,8-13,16-18H2,1-2H3/t21-,23?/m0/s1. The zero-order valence-electron chi connectivity index (χ0n) is 23.3. The van der Waals surface area contributed by atoms with Crippen molar-refractivity contribution in [1.82, 2.24) is 14.8 Å². The number of anilines is 1. The lowest BCUT2D eigenvalue weighted by molar-refractivity contribution is -0.142. The number of piperidine rings is 1. The summed E-state index contributed by atoms with van der Waals surface area (Å²) >= 11 is 12.5. The number of carbonyl (C=O) groups is 2. The highest BCUT2D eigenvalue weighted by molar-refractivity contribution is 6.42. The van der Waals surface area contributed by atoms with Gasteiger partial charge in [0.05, 0.1) is 15.6 Å². The number of amides is 2. The van der Waals surface area contributed by atoms with E-state index >= 15 is 0 Å². The van der Waals surface area contributed by atoms with E-state index in [1.807, 2.05) is 40.7 Å². The number of alkyl halides is 3. The maximum absolute atomic E-state index is 13.7. The molecule has 2 atom stereocenters. The molecule has 3 heterocycles. The molecule has 11 heteroatoms. The highest BCUT2D eigenvalue weighted by Gasteiger charge is 2.48. The maximum atomic E-state index is 13.7. The van der Waals surface area contributed by atoms with Crippen molar-refractivity contribution in [1.29, 1.82) is 0 Å². The molecule has 0 bridgehead atoms. The van der Waals surface area contributed by atoms with Crippen LogP contribution in [0.3, 0.4) is 0 Å². The summed E-state index contributed by atoms with van der Waals surface area (Å²) < 4.78 is 39.3. The number of benzene rings is 1. The monoisotopic (exact) mass is 610 g/mol. The first kappa shape index (κ1) is 30.0. The number of carbonyl (C=O) groups excluding carboxylic acids is 2. The lowest BCUT2D eigenvalue weighted by Gasteiger charge is -2.34. The van der Waals surface area contributed by atoms with Crippen LogP contribution in [-0.4, -0.2) is 65.9 Å². The Kier molecular flexibility index (Phi) is 8.50. The minimum Gasteiger partial charge on any atom is -0.357 e. The molecule has 1 aromatic heterocycles. The zero-order valence-corrected chi connectivity index (χ0v) is 24.8. The molecule has 6 nitrogen and oxygen atoms in total. The topological polar surface area (TPSA) is 56.8 Å². The number of pyridine rings is 1. The second kappa shape index (κ2) is 11.6. The summed E-state index contributed by atoms with van der Waals surface area (Å²) in [6.45, 7) is 7.22. The fourth-order valence-electron chi connectivity index (χ4n) is 6.14. The van der Waals surface area contributed by atoms with Crippen molar-refractivity contribution in [2.75, 3.05) is 44.2 Å². The fraction of sp³-hybridized carbons (Fsp3) is 0.567. The zero-order chi connectivity index (χ0) is 29.5. The Morgan fingerprint density at radius 2 is 1.76 bits per heavy atom. The minimum absolute atomic E-state index is 0.00304. The summed E-state index contributed by atoms with van der Waals surface area (Å²) in [5.74, 6) is 0.585. The van der Waals surface area contributed by atoms with Crippen LogP contribution in [0, 0.1) is 17.3 Å². The van der Waals surface area contributed by atoms with E-state index in [1.165, 1.54) is 6.07 Å². The van der Waals surface area contributed by atoms with Crippen LogP contribution in [0.2, 0.25) is 10.0 Å². The molecule has 41 heavy (non-hydrogen) atoms. The van der Waals surface area contributed by atoms with Gasteiger partial charge >= 0.3 is 6.18 Å². The number of hydrogen-bond donors (Lipinski definition) is 0. The Bertz CT molecular complexity index is 1280. The van der Waals surface area contributed by atoms with Gasteiger partial charge in [0.2, 0.25) is 11.8 Å². The molecular formula is C30H35Cl2F3N4O2. The molecule has 0 radical (unpaired) electrons. The van der Waals surface area contributed by atoms with Gasteiger partial charge < -0.3 is 14.7 Å². The molecule has 1 aromatic carbocycles. The van der Waals surface area contributed by atoms with Crippen molar-refractivity contribution in [3.8, 4) is 0 Å². The van der Waals surface area contributed by atoms with Crippen LogP contribution in [0.4, 0.5) is 19.0 Å². The predicted octanol–water partition coefficient (Wildman–Crippen LogP) is 6.51. The van der Waals surface area contributed by atoms with Gasteiger partial charge in [-0.2, -0.15) is 13.2 Å². The first-order chi connectivity index (χ1) is 19.4. The van der Waals surface area contributed by atoms with Gasteiger partial charge in [-0.3, -0.25) is 9.59 Å². The van der Waals surface area contributed by atoms with Gasteiger partial charge in [0.25, 0.3) is 0 Å². The van der Waals surface area contributed by atoms with Crippen molar-refractivity contribution < 1.29 is 22.8 Å². The molecule has 3 aliphatic rings. The Labute approximate surface area is 248 Å². The second-order valence-electron chi connectivity index (χ2n) is 11.9. The Morgan fingerprint density at radius 1 is 1.05 bits per heavy atom. The van der Waals surface area contributed by atoms with Crippen LogP contribution < -0.4 is 4.90 Å². The summed E-state index contributed by atoms with van der Waals surface area (Å²) in [5.41, 5.74) is -0.0315. The Hall–Kier alpha value is -2.52. The van der Waals surface area contributed by atoms with Gasteiger partial charge in [-0.25, -0.2) is 4.98 Å². The van der Waals surface area contributed by atoms with Crippen LogP contribution in [0.25, 0.3) is 0 Å². The first-order valence-electron chi connectivity index (χ1n) is 14.2. The molecule has 2 saturated heterocycles. The van der Waals surface area contributed by atoms with Crippen molar-refractivity contribution in [3.05, 3.63) is 57.7 Å². The van der Waals surface area contributed by atoms with E-state index < -0.39 is 11.7 Å². The van der Waals surface area contributed by atoms with Gasteiger partial charge in [-0.05, 0) is 62.4 Å². The van der Waals surface area contributed by atoms with E-state index in [2.05, 4.69) is 4.98 Å². The lowest BCUT2D eigenvalue weighted by atomic mass is 9.88. The van der Waals surface area contributed by atoms with Crippen molar-refractivity contribution >= 4 is 40.8 Å². The number of hydrogen-bond acceptors (Lipinski definition) is 4. The molecule has 0 N–H and O–H groups in total. The largest absolute Gasteiger partial charge is 0.417 e. The van der Waals surface area contributed by atoms with E-state index in [1.54, 1.807) is 6.07 Å². The van der Waals surface area contributed by atoms with Crippen LogP contribution in [0.1, 0.15) is 56.6 Å². The van der Waals surface area contributed by atoms with E-state index in [4.69, 9.17) is 23.2 Å². The molecule has 222 valence electrons. The summed E-state index contributed by atoms with van der Waals surface area (Å²) in [4.78, 5) is 36.4. The fourth-order valence-corrected chi connectivity index (χ4v) is 6.44. The average Bonchev–Trinajstić information content (AvgIpc) is 3.57. The van der Waals surface area contributed by atoms with Crippen LogP contribution in [0.15, 0.2) is 36.5 Å². The highest BCUT2D eigenvalue weighted by Crippen LogP contribution is 2.47. The van der Waals surface area contributed by atoms with Crippen LogP contribution >= 0.6 is 23.2 Å². The van der Waals surface area contributed by atoms with E-state index in [-0.39, 0.29) is 35.0 Å². The number of likely N-dealkylation sites (tertiary alicyclic amines) is 2. The van der Waals surface area contributed by atoms with E-state index in [0.717, 1.165) is 30.7 Å². The van der Waals surface area contributed by atoms with Gasteiger partial charge in [-0.15, -0.1) is 0 Å². The first-order valence-corrected chi connectivity index (χ1v) is 15.0. The molecule has 1 unspecified atom stereocenters. The van der Waals surface area contributed by atoms with Crippen LogP contribution in [-0.2, 0) is 15.8 Å². The number of aromatic nitrogens is 1. The van der Waals surface area contributed by atoms with Gasteiger partial charge in [-0.1, -0.05) is 36.2 Å². The van der Waals surface area contributed by atoms with E-state index in [9.17, 15) is 22.8 Å². The summed E-state index contributed by atoms with van der Waals surface area (Å²) in [6, 6.07) is 7.96. The highest BCUT2D eigenvalue weighted by atomic mass is 35.5. The third kappa shape index (κ3) is 6.46. The smallest absolute Gasteiger partial charge is 0.357 e. The minimum atomic E-state index is -4.45. The van der Waals surface area contributed by atoms with Crippen molar-refractivity contribution in [3.63, 3.8) is 0 Å². The second-order valence-corrected chi connectivity index (χ2v) is 12.7. The number of rotatable bonds is 7. The predicted molar refractivity (Wildman–Crippen MR) is 153 cm³/mol. The normalized spacial score (nSPS) is 22.6. The Morgan fingerprint density at radius 3 is 2.32 bits per heavy atom. The van der Waals surface area contributed by atoms with Gasteiger partial charge in [0.1, 0.15) is 5.82 Å². The third-order valence-electron chi connectivity index (χ3n) is 9.01. The quantitative estimate of drug-likeness (QED) is 0.358. The third-order valence-corrected chi connectivity index (χ3v) is 9.75. The maximum Gasteiger partial charge on any atom is 0.417 e. The van der Waals surface area contributed by atoms with E-state index in [0.29, 0.717) is 68.0 Å². The van der Waals surface area contributed by atoms with Gasteiger partial charge in [0.15, 0.2) is 0 Å². The molecule has 2 aliphatic heterocycles. The lowest BCUT2D eigenvalue weighted by Crippen LogP contribution is -2.46. The molecule has 2 amide bonds. The molecule has 2 aromatic rings. The average molecular weight is 612 g/mol. The Balaban J connectivity index is 1.31. The summed E-state index contributed by atoms with van der Waals surface area (Å²) in [5, 5.41) is 0.884. The van der Waals surface area contributed by atoms with Gasteiger partial charge in [0, 0.05) is 68.6 Å². The molecule has 0 spiro atoms. The summed E-state index contributed by atoms with van der Waals surface area (Å²) in [6.07, 6.45) is -0.419. The molecule has 3 fully saturated rings. The number of nitrogens with zero attached hydrogens (tertiary/aromatic N) is 4. The molecular weight excluding hydrogens is 576 g/mol.